The summed E-state index contributed by atoms with van der Waals surface area (Å²) in [5.74, 6) is -1.67. The second kappa shape index (κ2) is 8.59. The number of hydrogen-bond donors (Lipinski definition) is 1. The van der Waals surface area contributed by atoms with Gasteiger partial charge in [0.1, 0.15) is 5.75 Å². The molecule has 2 heterocycles. The lowest BCUT2D eigenvalue weighted by Gasteiger charge is -2.28. The highest BCUT2D eigenvalue weighted by Gasteiger charge is 2.43. The number of Topliss-reactive ketones (excluding diaryl/α,β-unsaturated/α-hetero) is 1. The molecule has 3 rings (SSSR count). The second-order valence-corrected chi connectivity index (χ2v) is 7.89. The van der Waals surface area contributed by atoms with Gasteiger partial charge < -0.3 is 19.6 Å². The molecule has 7 nitrogen and oxygen atoms in total. The summed E-state index contributed by atoms with van der Waals surface area (Å²) in [6.07, 6.45) is 0. The molecule has 1 aliphatic rings. The molecule has 29 heavy (non-hydrogen) atoms. The van der Waals surface area contributed by atoms with E-state index in [4.69, 9.17) is 4.74 Å². The average Bonchev–Trinajstić information content (AvgIpc) is 3.27. The number of thiophene rings is 1. The van der Waals surface area contributed by atoms with Crippen molar-refractivity contribution in [2.45, 2.75) is 13.0 Å². The number of nitrogens with zero attached hydrogens (tertiary/aromatic N) is 2. The minimum atomic E-state index is -0.771. The lowest BCUT2D eigenvalue weighted by Crippen LogP contribution is -2.36. The molecular weight excluding hydrogens is 392 g/mol. The average molecular weight is 414 g/mol. The summed E-state index contributed by atoms with van der Waals surface area (Å²) in [5.41, 5.74) is 0.621. The first-order valence-corrected chi connectivity index (χ1v) is 9.93. The van der Waals surface area contributed by atoms with E-state index < -0.39 is 23.7 Å². The Morgan fingerprint density at radius 3 is 2.62 bits per heavy atom. The Hall–Kier alpha value is -2.97. The molecule has 1 aromatic heterocycles. The predicted octanol–water partition coefficient (Wildman–Crippen LogP) is 2.81. The van der Waals surface area contributed by atoms with Crippen molar-refractivity contribution >= 4 is 29.0 Å². The summed E-state index contributed by atoms with van der Waals surface area (Å²) < 4.78 is 5.16. The first-order valence-electron chi connectivity index (χ1n) is 9.05. The van der Waals surface area contributed by atoms with E-state index in [0.717, 1.165) is 0 Å². The van der Waals surface area contributed by atoms with Gasteiger partial charge in [-0.3, -0.25) is 14.4 Å². The first-order chi connectivity index (χ1) is 13.8. The largest absolute Gasteiger partial charge is 0.503 e. The summed E-state index contributed by atoms with van der Waals surface area (Å²) >= 11 is 1.25. The van der Waals surface area contributed by atoms with Gasteiger partial charge in [0, 0.05) is 20.0 Å². The number of hydrogen-bond acceptors (Lipinski definition) is 7. The Labute approximate surface area is 172 Å². The number of carbonyl (C=O) groups excluding carboxylic acids is 3. The lowest BCUT2D eigenvalue weighted by atomic mass is 9.95. The van der Waals surface area contributed by atoms with Gasteiger partial charge in [-0.25, -0.2) is 0 Å². The molecule has 0 bridgehead atoms. The molecule has 1 atom stereocenters. The topological polar surface area (TPSA) is 87.2 Å². The maximum atomic E-state index is 13.1. The van der Waals surface area contributed by atoms with Crippen LogP contribution in [-0.2, 0) is 9.59 Å². The van der Waals surface area contributed by atoms with Crippen molar-refractivity contribution in [3.8, 4) is 5.75 Å². The number of amides is 1. The standard InChI is InChI=1S/C21H22N2O5S/c1-13(24)28-15-7-4-6-14(12-15)18-17(19(25)16-8-5-11-29-16)20(26)21(27)23(18)10-9-22(2)3/h4-8,11-12,18,26H,9-10H2,1-3H3. The molecule has 0 radical (unpaired) electrons. The minimum absolute atomic E-state index is 0.0381. The molecule has 152 valence electrons. The van der Waals surface area contributed by atoms with Crippen LogP contribution in [0.2, 0.25) is 0 Å². The van der Waals surface area contributed by atoms with E-state index in [1.165, 1.54) is 23.2 Å². The molecule has 0 saturated heterocycles. The zero-order valence-corrected chi connectivity index (χ0v) is 17.2. The third-order valence-electron chi connectivity index (χ3n) is 4.52. The van der Waals surface area contributed by atoms with E-state index in [1.807, 2.05) is 19.0 Å². The number of ether oxygens (including phenoxy) is 1. The van der Waals surface area contributed by atoms with Gasteiger partial charge in [0.2, 0.25) is 5.78 Å². The summed E-state index contributed by atoms with van der Waals surface area (Å²) in [5, 5.41) is 12.3. The van der Waals surface area contributed by atoms with E-state index in [-0.39, 0.29) is 11.4 Å². The third-order valence-corrected chi connectivity index (χ3v) is 5.39. The molecule has 1 aromatic carbocycles. The fraction of sp³-hybridized carbons (Fsp3) is 0.286. The fourth-order valence-corrected chi connectivity index (χ4v) is 3.90. The number of aliphatic hydroxyl groups excluding tert-OH is 1. The van der Waals surface area contributed by atoms with Gasteiger partial charge in [0.25, 0.3) is 5.91 Å². The van der Waals surface area contributed by atoms with Crippen LogP contribution in [-0.4, -0.2) is 59.8 Å². The summed E-state index contributed by atoms with van der Waals surface area (Å²) in [4.78, 5) is 41.1. The van der Waals surface area contributed by atoms with Gasteiger partial charge in [0.15, 0.2) is 5.76 Å². The Bertz CT molecular complexity index is 965. The highest BCUT2D eigenvalue weighted by molar-refractivity contribution is 7.12. The van der Waals surface area contributed by atoms with Crippen LogP contribution in [0.15, 0.2) is 53.1 Å². The van der Waals surface area contributed by atoms with Crippen molar-refractivity contribution in [3.05, 3.63) is 63.6 Å². The van der Waals surface area contributed by atoms with Crippen molar-refractivity contribution in [1.82, 2.24) is 9.80 Å². The molecule has 1 unspecified atom stereocenters. The Morgan fingerprint density at radius 2 is 2.00 bits per heavy atom. The molecule has 1 N–H and O–H groups in total. The summed E-state index contributed by atoms with van der Waals surface area (Å²) in [6, 6.07) is 9.29. The van der Waals surface area contributed by atoms with E-state index in [9.17, 15) is 19.5 Å². The van der Waals surface area contributed by atoms with E-state index in [1.54, 1.807) is 41.8 Å². The number of benzene rings is 1. The number of rotatable bonds is 7. The predicted molar refractivity (Wildman–Crippen MR) is 109 cm³/mol. The molecule has 1 aliphatic heterocycles. The number of carbonyl (C=O) groups is 3. The van der Waals surface area contributed by atoms with Crippen molar-refractivity contribution in [2.24, 2.45) is 0 Å². The molecule has 0 fully saturated rings. The number of esters is 1. The molecule has 2 aromatic rings. The van der Waals surface area contributed by atoms with Gasteiger partial charge in [-0.2, -0.15) is 0 Å². The van der Waals surface area contributed by atoms with Crippen LogP contribution in [0.25, 0.3) is 0 Å². The van der Waals surface area contributed by atoms with Gasteiger partial charge in [-0.15, -0.1) is 11.3 Å². The Balaban J connectivity index is 2.06. The van der Waals surface area contributed by atoms with Crippen molar-refractivity contribution in [3.63, 3.8) is 0 Å². The van der Waals surface area contributed by atoms with Gasteiger partial charge in [-0.1, -0.05) is 18.2 Å². The van der Waals surface area contributed by atoms with E-state index in [0.29, 0.717) is 29.3 Å². The van der Waals surface area contributed by atoms with Crippen LogP contribution < -0.4 is 4.74 Å². The van der Waals surface area contributed by atoms with Crippen LogP contribution in [0.5, 0.6) is 5.75 Å². The van der Waals surface area contributed by atoms with Crippen LogP contribution in [0.3, 0.4) is 0 Å². The zero-order valence-electron chi connectivity index (χ0n) is 16.4. The first kappa shape index (κ1) is 20.8. The van der Waals surface area contributed by atoms with Crippen LogP contribution in [0.1, 0.15) is 28.2 Å². The zero-order chi connectivity index (χ0) is 21.1. The monoisotopic (exact) mass is 414 g/mol. The molecule has 0 spiro atoms. The van der Waals surface area contributed by atoms with Gasteiger partial charge in [-0.05, 0) is 43.2 Å². The van der Waals surface area contributed by atoms with E-state index in [2.05, 4.69) is 0 Å². The minimum Gasteiger partial charge on any atom is -0.503 e. The third kappa shape index (κ3) is 4.38. The van der Waals surface area contributed by atoms with Crippen molar-refractivity contribution < 1.29 is 24.2 Å². The maximum Gasteiger partial charge on any atom is 0.308 e. The summed E-state index contributed by atoms with van der Waals surface area (Å²) in [7, 11) is 3.75. The smallest absolute Gasteiger partial charge is 0.308 e. The molecule has 1 amide bonds. The number of aliphatic hydroxyl groups is 1. The molecule has 8 heteroatoms. The van der Waals surface area contributed by atoms with Crippen LogP contribution in [0.4, 0.5) is 0 Å². The Kier molecular flexibility index (Phi) is 6.14. The van der Waals surface area contributed by atoms with Crippen molar-refractivity contribution in [2.75, 3.05) is 27.2 Å². The molecular formula is C21H22N2O5S. The maximum absolute atomic E-state index is 13.1. The lowest BCUT2D eigenvalue weighted by molar-refractivity contribution is -0.132. The number of likely N-dealkylation sites (N-methyl/N-ethyl adjacent to an activating group) is 1. The Morgan fingerprint density at radius 1 is 1.24 bits per heavy atom. The van der Waals surface area contributed by atoms with Crippen molar-refractivity contribution in [1.29, 1.82) is 0 Å². The quantitative estimate of drug-likeness (QED) is 0.426. The summed E-state index contributed by atoms with van der Waals surface area (Å²) in [6.45, 7) is 2.17. The SMILES string of the molecule is CC(=O)Oc1cccc(C2C(C(=O)c3cccs3)=C(O)C(=O)N2CCN(C)C)c1. The highest BCUT2D eigenvalue weighted by Crippen LogP contribution is 2.40. The highest BCUT2D eigenvalue weighted by atomic mass is 32.1. The van der Waals surface area contributed by atoms with Crippen LogP contribution in [0, 0.1) is 0 Å². The van der Waals surface area contributed by atoms with Gasteiger partial charge >= 0.3 is 5.97 Å². The van der Waals surface area contributed by atoms with Gasteiger partial charge in [0.05, 0.1) is 16.5 Å². The molecule has 0 aliphatic carbocycles. The number of ketones is 1. The second-order valence-electron chi connectivity index (χ2n) is 6.94. The van der Waals surface area contributed by atoms with Crippen LogP contribution >= 0.6 is 11.3 Å². The normalized spacial score (nSPS) is 16.6. The molecule has 0 saturated carbocycles. The fourth-order valence-electron chi connectivity index (χ4n) is 3.23. The van der Waals surface area contributed by atoms with E-state index >= 15 is 0 Å².